The topological polar surface area (TPSA) is 41.5 Å². The lowest BCUT2D eigenvalue weighted by atomic mass is 9.74. The molecule has 3 heteroatoms. The maximum Gasteiger partial charge on any atom is 0.122 e. The van der Waals surface area contributed by atoms with Gasteiger partial charge in [0.1, 0.15) is 5.75 Å². The van der Waals surface area contributed by atoms with Gasteiger partial charge in [-0.1, -0.05) is 18.2 Å². The summed E-state index contributed by atoms with van der Waals surface area (Å²) in [5.41, 5.74) is 0.917. The highest BCUT2D eigenvalue weighted by molar-refractivity contribution is 5.37. The van der Waals surface area contributed by atoms with Crippen LogP contribution in [-0.4, -0.2) is 30.4 Å². The van der Waals surface area contributed by atoms with Crippen molar-refractivity contribution in [3.05, 3.63) is 29.8 Å². The van der Waals surface area contributed by atoms with Crippen LogP contribution in [0.4, 0.5) is 0 Å². The average Bonchev–Trinajstić information content (AvgIpc) is 2.35. The molecule has 0 atom stereocenters. The molecule has 19 heavy (non-hydrogen) atoms. The van der Waals surface area contributed by atoms with Crippen LogP contribution in [0.2, 0.25) is 0 Å². The van der Waals surface area contributed by atoms with Crippen LogP contribution in [0.1, 0.15) is 43.6 Å². The lowest BCUT2D eigenvalue weighted by Gasteiger charge is -2.42. The number of hydrogen-bond acceptors (Lipinski definition) is 3. The van der Waals surface area contributed by atoms with Gasteiger partial charge in [-0.2, -0.15) is 0 Å². The first kappa shape index (κ1) is 12.9. The highest BCUT2D eigenvalue weighted by Crippen LogP contribution is 2.41. The molecular weight excluding hydrogens is 238 g/mol. The average molecular weight is 261 g/mol. The van der Waals surface area contributed by atoms with Crippen molar-refractivity contribution in [2.24, 2.45) is 0 Å². The van der Waals surface area contributed by atoms with Gasteiger partial charge in [-0.3, -0.25) is 0 Å². The van der Waals surface area contributed by atoms with E-state index in [-0.39, 0.29) is 0 Å². The van der Waals surface area contributed by atoms with E-state index in [1.54, 1.807) is 7.11 Å². The largest absolute Gasteiger partial charge is 0.496 e. The van der Waals surface area contributed by atoms with Gasteiger partial charge in [0.15, 0.2) is 0 Å². The molecule has 3 rings (SSSR count). The minimum Gasteiger partial charge on any atom is -0.496 e. The quantitative estimate of drug-likeness (QED) is 0.855. The molecule has 0 heterocycles. The van der Waals surface area contributed by atoms with Gasteiger partial charge in [-0.05, 0) is 49.7 Å². The lowest BCUT2D eigenvalue weighted by Crippen LogP contribution is -2.51. The third kappa shape index (κ3) is 2.63. The van der Waals surface area contributed by atoms with E-state index in [9.17, 15) is 5.11 Å². The third-order valence-corrected chi connectivity index (χ3v) is 4.72. The summed E-state index contributed by atoms with van der Waals surface area (Å²) in [5, 5.41) is 13.6. The monoisotopic (exact) mass is 261 g/mol. The minimum atomic E-state index is -0.407. The van der Waals surface area contributed by atoms with Gasteiger partial charge in [-0.15, -0.1) is 0 Å². The van der Waals surface area contributed by atoms with Crippen molar-refractivity contribution in [3.8, 4) is 5.75 Å². The summed E-state index contributed by atoms with van der Waals surface area (Å²) in [6.45, 7) is 0.760. The molecule has 2 saturated carbocycles. The van der Waals surface area contributed by atoms with Crippen LogP contribution in [0.25, 0.3) is 0 Å². The summed E-state index contributed by atoms with van der Waals surface area (Å²) in [6.07, 6.45) is 5.39. The molecule has 0 spiro atoms. The molecule has 0 aliphatic heterocycles. The van der Waals surface area contributed by atoms with Crippen LogP contribution in [0, 0.1) is 0 Å². The van der Waals surface area contributed by atoms with Crippen molar-refractivity contribution < 1.29 is 9.84 Å². The Hall–Kier alpha value is -1.06. The molecule has 0 aromatic heterocycles. The Morgan fingerprint density at radius 2 is 2.05 bits per heavy atom. The summed E-state index contributed by atoms with van der Waals surface area (Å²) >= 11 is 0. The molecular formula is C16H23NO2. The van der Waals surface area contributed by atoms with Gasteiger partial charge < -0.3 is 15.2 Å². The van der Waals surface area contributed by atoms with E-state index >= 15 is 0 Å². The summed E-state index contributed by atoms with van der Waals surface area (Å²) in [4.78, 5) is 0. The zero-order valence-electron chi connectivity index (χ0n) is 11.6. The van der Waals surface area contributed by atoms with Crippen LogP contribution in [-0.2, 0) is 0 Å². The van der Waals surface area contributed by atoms with E-state index in [1.165, 1.54) is 12.0 Å². The molecule has 104 valence electrons. The maximum atomic E-state index is 10.1. The Morgan fingerprint density at radius 3 is 2.68 bits per heavy atom. The molecule has 3 nitrogen and oxygen atoms in total. The number of aliphatic hydroxyl groups is 1. The number of hydrogen-bond donors (Lipinski definition) is 2. The first-order chi connectivity index (χ1) is 9.20. The van der Waals surface area contributed by atoms with Gasteiger partial charge in [0.05, 0.1) is 12.7 Å². The van der Waals surface area contributed by atoms with Crippen molar-refractivity contribution in [1.82, 2.24) is 5.32 Å². The minimum absolute atomic E-state index is 0.407. The molecule has 2 aliphatic carbocycles. The first-order valence-corrected chi connectivity index (χ1v) is 7.29. The first-order valence-electron chi connectivity index (χ1n) is 7.29. The van der Waals surface area contributed by atoms with E-state index in [0.717, 1.165) is 38.0 Å². The van der Waals surface area contributed by atoms with Gasteiger partial charge in [0, 0.05) is 12.6 Å². The van der Waals surface area contributed by atoms with Gasteiger partial charge in [0.2, 0.25) is 0 Å². The molecule has 0 bridgehead atoms. The standard InChI is InChI=1S/C16H23NO2/c1-19-15-6-3-2-5-14(15)12-9-13(10-12)17-11-16(18)7-4-8-16/h2-3,5-6,12-13,17-18H,4,7-11H2,1H3. The van der Waals surface area contributed by atoms with Crippen molar-refractivity contribution in [2.75, 3.05) is 13.7 Å². The number of ether oxygens (including phenoxy) is 1. The predicted octanol–water partition coefficient (Wildman–Crippen LogP) is 2.45. The van der Waals surface area contributed by atoms with E-state index in [2.05, 4.69) is 17.4 Å². The molecule has 0 saturated heterocycles. The molecule has 2 N–H and O–H groups in total. The summed E-state index contributed by atoms with van der Waals surface area (Å²) in [6, 6.07) is 8.85. The third-order valence-electron chi connectivity index (χ3n) is 4.72. The molecule has 0 unspecified atom stereocenters. The van der Waals surface area contributed by atoms with Crippen molar-refractivity contribution in [3.63, 3.8) is 0 Å². The van der Waals surface area contributed by atoms with Crippen LogP contribution in [0.15, 0.2) is 24.3 Å². The van der Waals surface area contributed by atoms with Crippen LogP contribution in [0.3, 0.4) is 0 Å². The van der Waals surface area contributed by atoms with E-state index in [0.29, 0.717) is 12.0 Å². The summed E-state index contributed by atoms with van der Waals surface area (Å²) < 4.78 is 5.42. The van der Waals surface area contributed by atoms with Crippen molar-refractivity contribution in [2.45, 2.75) is 49.7 Å². The van der Waals surface area contributed by atoms with E-state index in [4.69, 9.17) is 4.74 Å². The lowest BCUT2D eigenvalue weighted by molar-refractivity contribution is -0.0355. The molecule has 1 aromatic rings. The molecule has 2 fully saturated rings. The fourth-order valence-electron chi connectivity index (χ4n) is 3.14. The van der Waals surface area contributed by atoms with Crippen LogP contribution >= 0.6 is 0 Å². The van der Waals surface area contributed by atoms with E-state index in [1.807, 2.05) is 12.1 Å². The smallest absolute Gasteiger partial charge is 0.122 e. The van der Waals surface area contributed by atoms with Crippen LogP contribution < -0.4 is 10.1 Å². The number of benzene rings is 1. The van der Waals surface area contributed by atoms with Gasteiger partial charge in [-0.25, -0.2) is 0 Å². The molecule has 0 radical (unpaired) electrons. The summed E-state index contributed by atoms with van der Waals surface area (Å²) in [7, 11) is 1.74. The van der Waals surface area contributed by atoms with E-state index < -0.39 is 5.60 Å². The fourth-order valence-corrected chi connectivity index (χ4v) is 3.14. The summed E-state index contributed by atoms with van der Waals surface area (Å²) in [5.74, 6) is 1.60. The highest BCUT2D eigenvalue weighted by Gasteiger charge is 2.37. The highest BCUT2D eigenvalue weighted by atomic mass is 16.5. The molecule has 0 amide bonds. The number of nitrogens with one attached hydrogen (secondary N) is 1. The second-order valence-corrected chi connectivity index (χ2v) is 6.07. The van der Waals surface area contributed by atoms with Crippen molar-refractivity contribution >= 4 is 0 Å². The molecule has 1 aromatic carbocycles. The van der Waals surface area contributed by atoms with Gasteiger partial charge in [0.25, 0.3) is 0 Å². The fraction of sp³-hybridized carbons (Fsp3) is 0.625. The second-order valence-electron chi connectivity index (χ2n) is 6.07. The number of methoxy groups -OCH3 is 1. The van der Waals surface area contributed by atoms with Crippen molar-refractivity contribution in [1.29, 1.82) is 0 Å². The Morgan fingerprint density at radius 1 is 1.32 bits per heavy atom. The zero-order chi connectivity index (χ0) is 13.3. The Bertz CT molecular complexity index is 436. The van der Waals surface area contributed by atoms with Crippen LogP contribution in [0.5, 0.6) is 5.75 Å². The number of para-hydroxylation sites is 1. The SMILES string of the molecule is COc1ccccc1C1CC(NCC2(O)CCC2)C1. The zero-order valence-corrected chi connectivity index (χ0v) is 11.6. The Kier molecular flexibility index (Phi) is 3.50. The molecule has 2 aliphatic rings. The Labute approximate surface area is 115 Å². The second kappa shape index (κ2) is 5.14. The van der Waals surface area contributed by atoms with Gasteiger partial charge >= 0.3 is 0 Å². The maximum absolute atomic E-state index is 10.1. The normalized spacial score (nSPS) is 28.3. The number of rotatable bonds is 5. The Balaban J connectivity index is 1.49. The predicted molar refractivity (Wildman–Crippen MR) is 75.6 cm³/mol.